The first-order chi connectivity index (χ1) is 7.49. The molecule has 16 heavy (non-hydrogen) atoms. The van der Waals surface area contributed by atoms with Crippen molar-refractivity contribution >= 4 is 6.08 Å². The van der Waals surface area contributed by atoms with Crippen LogP contribution >= 0.6 is 0 Å². The molecule has 0 aromatic heterocycles. The topological polar surface area (TPSA) is 44.0 Å². The van der Waals surface area contributed by atoms with Crippen LogP contribution in [0, 0.1) is 11.3 Å². The summed E-state index contributed by atoms with van der Waals surface area (Å²) < 4.78 is 37.5. The number of nitrogens with zero attached hydrogens (tertiary/aromatic N) is 1. The second-order valence-corrected chi connectivity index (χ2v) is 3.00. The van der Waals surface area contributed by atoms with Crippen molar-refractivity contribution in [2.75, 3.05) is 6.61 Å². The number of rotatable bonds is 2. The van der Waals surface area contributed by atoms with Gasteiger partial charge in [-0.2, -0.15) is 18.4 Å². The van der Waals surface area contributed by atoms with Gasteiger partial charge in [0.25, 0.3) is 0 Å². The maximum absolute atomic E-state index is 12.5. The molecule has 0 spiro atoms. The molecule has 0 radical (unpaired) electrons. The van der Waals surface area contributed by atoms with Crippen LogP contribution in [-0.4, -0.2) is 11.7 Å². The Bertz CT molecular complexity index is 444. The summed E-state index contributed by atoms with van der Waals surface area (Å²) in [5, 5.41) is 17.0. The quantitative estimate of drug-likeness (QED) is 0.843. The Morgan fingerprint density at radius 1 is 1.38 bits per heavy atom. The number of hydrogen-bond donors (Lipinski definition) is 1. The summed E-state index contributed by atoms with van der Waals surface area (Å²) in [4.78, 5) is 0. The van der Waals surface area contributed by atoms with Crippen LogP contribution in [0.25, 0.3) is 6.08 Å². The van der Waals surface area contributed by atoms with Crippen molar-refractivity contribution in [1.29, 1.82) is 5.26 Å². The van der Waals surface area contributed by atoms with E-state index in [1.54, 1.807) is 0 Å². The standard InChI is InChI=1S/C11H8F3NO/c12-11(13,14)10-6-8(2-1-5-16)3-4-9(10)7-15/h1-4,6,16H,5H2. The highest BCUT2D eigenvalue weighted by atomic mass is 19.4. The highest BCUT2D eigenvalue weighted by Crippen LogP contribution is 2.32. The number of nitriles is 1. The zero-order chi connectivity index (χ0) is 12.2. The molecule has 1 rings (SSSR count). The highest BCUT2D eigenvalue weighted by molar-refractivity contribution is 5.54. The van der Waals surface area contributed by atoms with Crippen LogP contribution in [-0.2, 0) is 6.18 Å². The van der Waals surface area contributed by atoms with Crippen LogP contribution < -0.4 is 0 Å². The van der Waals surface area contributed by atoms with Crippen LogP contribution in [0.3, 0.4) is 0 Å². The van der Waals surface area contributed by atoms with E-state index >= 15 is 0 Å². The van der Waals surface area contributed by atoms with E-state index in [1.807, 2.05) is 0 Å². The smallest absolute Gasteiger partial charge is 0.392 e. The SMILES string of the molecule is N#Cc1ccc(C=CCO)cc1C(F)(F)F. The molecule has 0 bridgehead atoms. The van der Waals surface area contributed by atoms with Gasteiger partial charge in [0.15, 0.2) is 0 Å². The predicted octanol–water partition coefficient (Wildman–Crippen LogP) is 2.58. The van der Waals surface area contributed by atoms with Gasteiger partial charge in [-0.05, 0) is 17.7 Å². The van der Waals surface area contributed by atoms with E-state index in [2.05, 4.69) is 0 Å². The van der Waals surface area contributed by atoms with Crippen LogP contribution in [0.4, 0.5) is 13.2 Å². The number of benzene rings is 1. The molecular formula is C11H8F3NO. The average molecular weight is 227 g/mol. The molecule has 0 fully saturated rings. The Labute approximate surface area is 90.2 Å². The number of aliphatic hydroxyl groups is 1. The third-order valence-electron chi connectivity index (χ3n) is 1.89. The van der Waals surface area contributed by atoms with Gasteiger partial charge in [-0.1, -0.05) is 18.2 Å². The molecule has 0 unspecified atom stereocenters. The third-order valence-corrected chi connectivity index (χ3v) is 1.89. The molecule has 0 aliphatic carbocycles. The van der Waals surface area contributed by atoms with E-state index in [0.29, 0.717) is 5.56 Å². The molecule has 0 amide bonds. The van der Waals surface area contributed by atoms with Crippen molar-refractivity contribution in [3.63, 3.8) is 0 Å². The van der Waals surface area contributed by atoms with Crippen molar-refractivity contribution in [3.05, 3.63) is 41.0 Å². The van der Waals surface area contributed by atoms with Gasteiger partial charge in [-0.3, -0.25) is 0 Å². The summed E-state index contributed by atoms with van der Waals surface area (Å²) in [5.41, 5.74) is -1.08. The average Bonchev–Trinajstić information content (AvgIpc) is 2.24. The molecule has 0 heterocycles. The van der Waals surface area contributed by atoms with Crippen LogP contribution in [0.2, 0.25) is 0 Å². The van der Waals surface area contributed by atoms with Gasteiger partial charge in [0.05, 0.1) is 23.8 Å². The van der Waals surface area contributed by atoms with E-state index in [4.69, 9.17) is 10.4 Å². The van der Waals surface area contributed by atoms with Crippen molar-refractivity contribution < 1.29 is 18.3 Å². The first-order valence-corrected chi connectivity index (χ1v) is 4.38. The Hall–Kier alpha value is -1.80. The molecule has 0 aliphatic heterocycles. The Morgan fingerprint density at radius 2 is 2.06 bits per heavy atom. The fraction of sp³-hybridized carbons (Fsp3) is 0.182. The van der Waals surface area contributed by atoms with E-state index < -0.39 is 17.3 Å². The molecule has 1 aromatic rings. The zero-order valence-corrected chi connectivity index (χ0v) is 8.12. The van der Waals surface area contributed by atoms with E-state index in [0.717, 1.165) is 12.1 Å². The number of alkyl halides is 3. The van der Waals surface area contributed by atoms with Gasteiger partial charge in [0.1, 0.15) is 0 Å². The molecule has 0 aliphatic rings. The fourth-order valence-corrected chi connectivity index (χ4v) is 1.19. The van der Waals surface area contributed by atoms with Gasteiger partial charge in [-0.25, -0.2) is 0 Å². The highest BCUT2D eigenvalue weighted by Gasteiger charge is 2.33. The molecule has 0 saturated heterocycles. The van der Waals surface area contributed by atoms with Gasteiger partial charge in [-0.15, -0.1) is 0 Å². The molecule has 1 aromatic carbocycles. The number of halogens is 3. The van der Waals surface area contributed by atoms with E-state index in [1.165, 1.54) is 24.3 Å². The van der Waals surface area contributed by atoms with Crippen LogP contribution in [0.15, 0.2) is 24.3 Å². The molecule has 1 N–H and O–H groups in total. The molecular weight excluding hydrogens is 219 g/mol. The van der Waals surface area contributed by atoms with Crippen molar-refractivity contribution in [1.82, 2.24) is 0 Å². The van der Waals surface area contributed by atoms with Gasteiger partial charge in [0, 0.05) is 0 Å². The Morgan fingerprint density at radius 3 is 2.56 bits per heavy atom. The molecule has 5 heteroatoms. The lowest BCUT2D eigenvalue weighted by Gasteiger charge is -2.09. The first-order valence-electron chi connectivity index (χ1n) is 4.38. The third kappa shape index (κ3) is 2.84. The largest absolute Gasteiger partial charge is 0.417 e. The molecule has 2 nitrogen and oxygen atoms in total. The second kappa shape index (κ2) is 4.81. The summed E-state index contributed by atoms with van der Waals surface area (Å²) in [6.07, 6.45) is -1.87. The normalized spacial score (nSPS) is 11.7. The van der Waals surface area contributed by atoms with Crippen LogP contribution in [0.5, 0.6) is 0 Å². The lowest BCUT2D eigenvalue weighted by Crippen LogP contribution is -2.07. The summed E-state index contributed by atoms with van der Waals surface area (Å²) in [7, 11) is 0. The summed E-state index contributed by atoms with van der Waals surface area (Å²) in [6.45, 7) is -0.249. The maximum Gasteiger partial charge on any atom is 0.417 e. The minimum absolute atomic E-state index is 0.249. The lowest BCUT2D eigenvalue weighted by atomic mass is 10.0. The minimum atomic E-state index is -4.55. The van der Waals surface area contributed by atoms with Crippen molar-refractivity contribution in [3.8, 4) is 6.07 Å². The minimum Gasteiger partial charge on any atom is -0.392 e. The predicted molar refractivity (Wildman–Crippen MR) is 52.3 cm³/mol. The van der Waals surface area contributed by atoms with Gasteiger partial charge in [0.2, 0.25) is 0 Å². The maximum atomic E-state index is 12.5. The summed E-state index contributed by atoms with van der Waals surface area (Å²) >= 11 is 0. The summed E-state index contributed by atoms with van der Waals surface area (Å²) in [5.74, 6) is 0. The van der Waals surface area contributed by atoms with Crippen molar-refractivity contribution in [2.45, 2.75) is 6.18 Å². The Balaban J connectivity index is 3.23. The lowest BCUT2D eigenvalue weighted by molar-refractivity contribution is -0.137. The zero-order valence-electron chi connectivity index (χ0n) is 8.12. The summed E-state index contributed by atoms with van der Waals surface area (Å²) in [6, 6.07) is 4.87. The monoisotopic (exact) mass is 227 g/mol. The number of hydrogen-bond acceptors (Lipinski definition) is 2. The van der Waals surface area contributed by atoms with Crippen LogP contribution in [0.1, 0.15) is 16.7 Å². The van der Waals surface area contributed by atoms with E-state index in [9.17, 15) is 13.2 Å². The first kappa shape index (κ1) is 12.3. The Kier molecular flexibility index (Phi) is 3.69. The number of aliphatic hydroxyl groups excluding tert-OH is 1. The molecule has 84 valence electrons. The van der Waals surface area contributed by atoms with Gasteiger partial charge < -0.3 is 5.11 Å². The fourth-order valence-electron chi connectivity index (χ4n) is 1.19. The van der Waals surface area contributed by atoms with Crippen molar-refractivity contribution in [2.24, 2.45) is 0 Å². The molecule has 0 saturated carbocycles. The van der Waals surface area contributed by atoms with E-state index in [-0.39, 0.29) is 6.61 Å². The molecule has 0 atom stereocenters. The van der Waals surface area contributed by atoms with Gasteiger partial charge >= 0.3 is 6.18 Å². The second-order valence-electron chi connectivity index (χ2n) is 3.00.